The van der Waals surface area contributed by atoms with Crippen LogP contribution in [0.3, 0.4) is 0 Å². The SMILES string of the molecule is Cc1cc(OC(F)F)c(C(=O)O)s1. The molecule has 0 radical (unpaired) electrons. The molecule has 0 aliphatic carbocycles. The van der Waals surface area contributed by atoms with Crippen molar-refractivity contribution in [2.75, 3.05) is 0 Å². The number of hydrogen-bond acceptors (Lipinski definition) is 3. The summed E-state index contributed by atoms with van der Waals surface area (Å²) in [6.07, 6.45) is 0. The van der Waals surface area contributed by atoms with Crippen molar-refractivity contribution in [1.82, 2.24) is 0 Å². The predicted octanol–water partition coefficient (Wildman–Crippen LogP) is 2.36. The predicted molar refractivity (Wildman–Crippen MR) is 42.6 cm³/mol. The summed E-state index contributed by atoms with van der Waals surface area (Å²) in [5.74, 6) is -1.53. The normalized spacial score (nSPS) is 10.5. The van der Waals surface area contributed by atoms with Crippen LogP contribution in [0, 0.1) is 6.92 Å². The van der Waals surface area contributed by atoms with Crippen LogP contribution in [-0.2, 0) is 0 Å². The number of carbonyl (C=O) groups is 1. The smallest absolute Gasteiger partial charge is 0.387 e. The molecule has 1 heterocycles. The molecular formula is C7H6F2O3S. The summed E-state index contributed by atoms with van der Waals surface area (Å²) < 4.78 is 27.5. The third kappa shape index (κ3) is 2.38. The second kappa shape index (κ2) is 3.69. The van der Waals surface area contributed by atoms with Crippen LogP contribution < -0.4 is 4.74 Å². The van der Waals surface area contributed by atoms with Gasteiger partial charge in [0, 0.05) is 4.88 Å². The molecule has 0 bridgehead atoms. The molecule has 1 N–H and O–H groups in total. The van der Waals surface area contributed by atoms with E-state index in [4.69, 9.17) is 5.11 Å². The summed E-state index contributed by atoms with van der Waals surface area (Å²) in [5.41, 5.74) is 0. The van der Waals surface area contributed by atoms with Gasteiger partial charge < -0.3 is 9.84 Å². The standard InChI is InChI=1S/C7H6F2O3S/c1-3-2-4(12-7(8)9)5(13-3)6(10)11/h2,7H,1H3,(H,10,11). The lowest BCUT2D eigenvalue weighted by atomic mass is 10.4. The van der Waals surface area contributed by atoms with Gasteiger partial charge in [0.05, 0.1) is 0 Å². The molecule has 0 unspecified atom stereocenters. The van der Waals surface area contributed by atoms with E-state index in [9.17, 15) is 13.6 Å². The largest absolute Gasteiger partial charge is 0.477 e. The first-order chi connectivity index (χ1) is 6.00. The van der Waals surface area contributed by atoms with E-state index in [2.05, 4.69) is 4.74 Å². The van der Waals surface area contributed by atoms with Crippen LogP contribution >= 0.6 is 11.3 Å². The first-order valence-electron chi connectivity index (χ1n) is 3.29. The average Bonchev–Trinajstić information content (AvgIpc) is 2.29. The molecule has 0 aliphatic heterocycles. The van der Waals surface area contributed by atoms with E-state index >= 15 is 0 Å². The first-order valence-corrected chi connectivity index (χ1v) is 4.11. The van der Waals surface area contributed by atoms with Gasteiger partial charge in [-0.1, -0.05) is 0 Å². The minimum absolute atomic E-state index is 0.196. The van der Waals surface area contributed by atoms with Crippen LogP contribution in [0.4, 0.5) is 8.78 Å². The maximum absolute atomic E-state index is 11.8. The summed E-state index contributed by atoms with van der Waals surface area (Å²) in [7, 11) is 0. The molecule has 0 saturated heterocycles. The number of ether oxygens (including phenoxy) is 1. The highest BCUT2D eigenvalue weighted by atomic mass is 32.1. The first kappa shape index (κ1) is 9.91. The Morgan fingerprint density at radius 3 is 2.77 bits per heavy atom. The molecule has 0 atom stereocenters. The second-order valence-electron chi connectivity index (χ2n) is 2.23. The van der Waals surface area contributed by atoms with Gasteiger partial charge in [-0.05, 0) is 13.0 Å². The van der Waals surface area contributed by atoms with Gasteiger partial charge in [0.25, 0.3) is 0 Å². The van der Waals surface area contributed by atoms with E-state index in [0.717, 1.165) is 11.3 Å². The van der Waals surface area contributed by atoms with Crippen molar-refractivity contribution in [3.05, 3.63) is 15.8 Å². The molecule has 0 aliphatic rings. The number of alkyl halides is 2. The summed E-state index contributed by atoms with van der Waals surface area (Å²) in [6.45, 7) is -1.37. The fourth-order valence-electron chi connectivity index (χ4n) is 0.823. The molecule has 0 aromatic carbocycles. The zero-order chi connectivity index (χ0) is 10.0. The zero-order valence-electron chi connectivity index (χ0n) is 6.58. The van der Waals surface area contributed by atoms with Crippen molar-refractivity contribution >= 4 is 17.3 Å². The molecule has 13 heavy (non-hydrogen) atoms. The van der Waals surface area contributed by atoms with E-state index in [1.807, 2.05) is 0 Å². The summed E-state index contributed by atoms with van der Waals surface area (Å²) in [6, 6.07) is 1.28. The average molecular weight is 208 g/mol. The zero-order valence-corrected chi connectivity index (χ0v) is 7.40. The van der Waals surface area contributed by atoms with Crippen LogP contribution in [0.2, 0.25) is 0 Å². The van der Waals surface area contributed by atoms with Gasteiger partial charge in [-0.3, -0.25) is 0 Å². The van der Waals surface area contributed by atoms with Gasteiger partial charge in [0.15, 0.2) is 10.6 Å². The van der Waals surface area contributed by atoms with Crippen LogP contribution in [0.5, 0.6) is 5.75 Å². The maximum atomic E-state index is 11.8. The third-order valence-electron chi connectivity index (χ3n) is 1.23. The summed E-state index contributed by atoms with van der Waals surface area (Å²) in [4.78, 5) is 10.9. The number of thiophene rings is 1. The Hall–Kier alpha value is -1.17. The highest BCUT2D eigenvalue weighted by molar-refractivity contribution is 7.14. The number of rotatable bonds is 3. The lowest BCUT2D eigenvalue weighted by Gasteiger charge is -2.01. The lowest BCUT2D eigenvalue weighted by Crippen LogP contribution is -2.04. The Labute approximate surface area is 76.6 Å². The minimum atomic E-state index is -2.99. The fourth-order valence-corrected chi connectivity index (χ4v) is 1.61. The number of aromatic carboxylic acids is 1. The third-order valence-corrected chi connectivity index (χ3v) is 2.25. The highest BCUT2D eigenvalue weighted by Gasteiger charge is 2.17. The minimum Gasteiger partial charge on any atom is -0.477 e. The summed E-state index contributed by atoms with van der Waals surface area (Å²) in [5, 5.41) is 8.58. The van der Waals surface area contributed by atoms with E-state index in [1.165, 1.54) is 6.07 Å². The van der Waals surface area contributed by atoms with E-state index in [-0.39, 0.29) is 10.6 Å². The number of hydrogen-bond donors (Lipinski definition) is 1. The Bertz CT molecular complexity index is 322. The van der Waals surface area contributed by atoms with Gasteiger partial charge >= 0.3 is 12.6 Å². The van der Waals surface area contributed by atoms with Crippen LogP contribution in [0.25, 0.3) is 0 Å². The van der Waals surface area contributed by atoms with Crippen LogP contribution in [0.15, 0.2) is 6.07 Å². The van der Waals surface area contributed by atoms with Crippen molar-refractivity contribution in [3.8, 4) is 5.75 Å². The molecule has 3 nitrogen and oxygen atoms in total. The van der Waals surface area contributed by atoms with Crippen molar-refractivity contribution in [2.45, 2.75) is 13.5 Å². The molecule has 6 heteroatoms. The van der Waals surface area contributed by atoms with Gasteiger partial charge in [-0.25, -0.2) is 4.79 Å². The number of carboxylic acids is 1. The van der Waals surface area contributed by atoms with Crippen LogP contribution in [-0.4, -0.2) is 17.7 Å². The molecule has 1 aromatic rings. The highest BCUT2D eigenvalue weighted by Crippen LogP contribution is 2.29. The second-order valence-corrected chi connectivity index (χ2v) is 3.49. The lowest BCUT2D eigenvalue weighted by molar-refractivity contribution is -0.0499. The number of halogens is 2. The summed E-state index contributed by atoms with van der Waals surface area (Å²) >= 11 is 0.907. The number of carboxylic acid groups (broad SMARTS) is 1. The molecule has 0 amide bonds. The number of aryl methyl sites for hydroxylation is 1. The quantitative estimate of drug-likeness (QED) is 0.829. The topological polar surface area (TPSA) is 46.5 Å². The fraction of sp³-hybridized carbons (Fsp3) is 0.286. The Balaban J connectivity index is 2.97. The van der Waals surface area contributed by atoms with E-state index < -0.39 is 12.6 Å². The molecule has 1 aromatic heterocycles. The van der Waals surface area contributed by atoms with Crippen molar-refractivity contribution in [3.63, 3.8) is 0 Å². The Kier molecular flexibility index (Phi) is 2.82. The van der Waals surface area contributed by atoms with Crippen molar-refractivity contribution in [2.24, 2.45) is 0 Å². The Morgan fingerprint density at radius 1 is 1.69 bits per heavy atom. The van der Waals surface area contributed by atoms with E-state index in [0.29, 0.717) is 4.88 Å². The molecule has 0 saturated carbocycles. The van der Waals surface area contributed by atoms with Crippen LogP contribution in [0.1, 0.15) is 14.5 Å². The van der Waals surface area contributed by atoms with Crippen molar-refractivity contribution in [1.29, 1.82) is 0 Å². The molecule has 0 fully saturated rings. The van der Waals surface area contributed by atoms with Gasteiger partial charge in [0.1, 0.15) is 0 Å². The molecule has 1 rings (SSSR count). The van der Waals surface area contributed by atoms with E-state index in [1.54, 1.807) is 6.92 Å². The van der Waals surface area contributed by atoms with Gasteiger partial charge in [-0.15, -0.1) is 11.3 Å². The van der Waals surface area contributed by atoms with Crippen molar-refractivity contribution < 1.29 is 23.4 Å². The molecule has 0 spiro atoms. The maximum Gasteiger partial charge on any atom is 0.387 e. The Morgan fingerprint density at radius 2 is 2.31 bits per heavy atom. The van der Waals surface area contributed by atoms with Gasteiger partial charge in [0.2, 0.25) is 0 Å². The van der Waals surface area contributed by atoms with Gasteiger partial charge in [-0.2, -0.15) is 8.78 Å². The molecular weight excluding hydrogens is 202 g/mol. The molecule has 72 valence electrons. The monoisotopic (exact) mass is 208 g/mol.